The lowest BCUT2D eigenvalue weighted by Crippen LogP contribution is -2.37. The van der Waals surface area contributed by atoms with Gasteiger partial charge in [-0.1, -0.05) is 6.07 Å². The van der Waals surface area contributed by atoms with Crippen molar-refractivity contribution in [2.24, 2.45) is 5.92 Å². The molecular formula is C25H30N2O5. The van der Waals surface area contributed by atoms with Crippen LogP contribution in [0.5, 0.6) is 17.2 Å². The van der Waals surface area contributed by atoms with Gasteiger partial charge in [-0.3, -0.25) is 9.59 Å². The molecular weight excluding hydrogens is 408 g/mol. The fraction of sp³-hybridized carbons (Fsp3) is 0.440. The van der Waals surface area contributed by atoms with Crippen molar-refractivity contribution in [1.82, 2.24) is 9.80 Å². The number of likely N-dealkylation sites (tertiary alicyclic amines) is 2. The molecule has 0 aromatic heterocycles. The Morgan fingerprint density at radius 1 is 0.844 bits per heavy atom. The van der Waals surface area contributed by atoms with Crippen molar-refractivity contribution >= 4 is 11.8 Å². The zero-order valence-electron chi connectivity index (χ0n) is 18.9. The zero-order valence-corrected chi connectivity index (χ0v) is 18.9. The van der Waals surface area contributed by atoms with E-state index in [1.807, 2.05) is 29.2 Å². The summed E-state index contributed by atoms with van der Waals surface area (Å²) in [5.74, 6) is 1.53. The van der Waals surface area contributed by atoms with Crippen molar-refractivity contribution in [3.63, 3.8) is 0 Å². The Morgan fingerprint density at radius 2 is 1.56 bits per heavy atom. The Bertz CT molecular complexity index is 986. The van der Waals surface area contributed by atoms with E-state index < -0.39 is 0 Å². The number of carbonyl (C=O) groups excluding carboxylic acids is 2. The first-order chi connectivity index (χ1) is 15.5. The summed E-state index contributed by atoms with van der Waals surface area (Å²) in [6.45, 7) is 2.36. The molecule has 0 bridgehead atoms. The Morgan fingerprint density at radius 3 is 2.25 bits per heavy atom. The van der Waals surface area contributed by atoms with Crippen LogP contribution < -0.4 is 14.2 Å². The van der Waals surface area contributed by atoms with Crippen molar-refractivity contribution < 1.29 is 23.8 Å². The van der Waals surface area contributed by atoms with Gasteiger partial charge < -0.3 is 24.0 Å². The monoisotopic (exact) mass is 438 g/mol. The first-order valence-corrected chi connectivity index (χ1v) is 11.0. The molecule has 170 valence electrons. The van der Waals surface area contributed by atoms with E-state index in [-0.39, 0.29) is 23.7 Å². The van der Waals surface area contributed by atoms with Crippen LogP contribution in [0.3, 0.4) is 0 Å². The maximum Gasteiger partial charge on any atom is 0.254 e. The van der Waals surface area contributed by atoms with Gasteiger partial charge in [0.25, 0.3) is 5.91 Å². The first kappa shape index (κ1) is 22.0. The lowest BCUT2D eigenvalue weighted by atomic mass is 9.87. The van der Waals surface area contributed by atoms with Gasteiger partial charge in [-0.05, 0) is 49.2 Å². The van der Waals surface area contributed by atoms with Crippen LogP contribution in [-0.4, -0.2) is 69.1 Å². The highest BCUT2D eigenvalue weighted by Crippen LogP contribution is 2.41. The molecule has 0 radical (unpaired) electrons. The van der Waals surface area contributed by atoms with Crippen LogP contribution in [-0.2, 0) is 4.79 Å². The topological polar surface area (TPSA) is 68.3 Å². The Labute approximate surface area is 188 Å². The molecule has 0 aliphatic carbocycles. The highest BCUT2D eigenvalue weighted by atomic mass is 16.5. The maximum atomic E-state index is 13.5. The highest BCUT2D eigenvalue weighted by Gasteiger charge is 2.43. The quantitative estimate of drug-likeness (QED) is 0.693. The highest BCUT2D eigenvalue weighted by molar-refractivity contribution is 5.95. The maximum absolute atomic E-state index is 13.5. The van der Waals surface area contributed by atoms with E-state index in [2.05, 4.69) is 0 Å². The molecule has 7 nitrogen and oxygen atoms in total. The summed E-state index contributed by atoms with van der Waals surface area (Å²) in [5, 5.41) is 0. The van der Waals surface area contributed by atoms with Crippen LogP contribution in [0.4, 0.5) is 0 Å². The Hall–Kier alpha value is -3.22. The molecule has 0 N–H and O–H groups in total. The second kappa shape index (κ2) is 9.51. The molecule has 0 saturated carbocycles. The number of ether oxygens (including phenoxy) is 3. The van der Waals surface area contributed by atoms with E-state index in [0.717, 1.165) is 31.5 Å². The molecule has 2 aromatic carbocycles. The van der Waals surface area contributed by atoms with Crippen LogP contribution >= 0.6 is 0 Å². The SMILES string of the molecule is COc1cccc(C(=O)N2C[C@H](c3cc(OC)ccc3OC)[C@H](C(=O)N3CCCC3)C2)c1. The average molecular weight is 439 g/mol. The van der Waals surface area contributed by atoms with E-state index in [0.29, 0.717) is 35.9 Å². The number of amides is 2. The summed E-state index contributed by atoms with van der Waals surface area (Å²) >= 11 is 0. The fourth-order valence-electron chi connectivity index (χ4n) is 4.77. The van der Waals surface area contributed by atoms with Crippen LogP contribution in [0.2, 0.25) is 0 Å². The molecule has 2 aromatic rings. The predicted molar refractivity (Wildman–Crippen MR) is 120 cm³/mol. The minimum Gasteiger partial charge on any atom is -0.497 e. The van der Waals surface area contributed by atoms with E-state index in [1.54, 1.807) is 44.4 Å². The van der Waals surface area contributed by atoms with Gasteiger partial charge in [0.1, 0.15) is 17.2 Å². The lowest BCUT2D eigenvalue weighted by molar-refractivity contribution is -0.134. The third kappa shape index (κ3) is 4.24. The standard InChI is InChI=1S/C25H30N2O5/c1-30-18-8-6-7-17(13-18)24(28)27-15-21(20-14-19(31-2)9-10-23(20)32-3)22(16-27)25(29)26-11-4-5-12-26/h6-10,13-14,21-22H,4-5,11-12,15-16H2,1-3H3/t21-,22-/m1/s1. The summed E-state index contributed by atoms with van der Waals surface area (Å²) in [5.41, 5.74) is 1.44. The zero-order chi connectivity index (χ0) is 22.7. The van der Waals surface area contributed by atoms with E-state index in [4.69, 9.17) is 14.2 Å². The molecule has 2 fully saturated rings. The second-order valence-corrected chi connectivity index (χ2v) is 8.30. The third-order valence-corrected chi connectivity index (χ3v) is 6.50. The molecule has 2 aliphatic heterocycles. The molecule has 0 unspecified atom stereocenters. The number of rotatable bonds is 6. The normalized spacial score (nSPS) is 20.3. The van der Waals surface area contributed by atoms with Crippen molar-refractivity contribution in [2.45, 2.75) is 18.8 Å². The number of nitrogens with zero attached hydrogens (tertiary/aromatic N) is 2. The van der Waals surface area contributed by atoms with Gasteiger partial charge in [0.15, 0.2) is 0 Å². The molecule has 2 heterocycles. The van der Waals surface area contributed by atoms with Crippen LogP contribution in [0.25, 0.3) is 0 Å². The van der Waals surface area contributed by atoms with Gasteiger partial charge in [-0.25, -0.2) is 0 Å². The molecule has 4 rings (SSSR count). The second-order valence-electron chi connectivity index (χ2n) is 8.30. The molecule has 7 heteroatoms. The lowest BCUT2D eigenvalue weighted by Gasteiger charge is -2.25. The summed E-state index contributed by atoms with van der Waals surface area (Å²) in [6.07, 6.45) is 2.05. The number of carbonyl (C=O) groups is 2. The Kier molecular flexibility index (Phi) is 6.53. The van der Waals surface area contributed by atoms with Crippen molar-refractivity contribution in [3.8, 4) is 17.2 Å². The number of hydrogen-bond donors (Lipinski definition) is 0. The van der Waals surface area contributed by atoms with Gasteiger partial charge in [-0.2, -0.15) is 0 Å². The van der Waals surface area contributed by atoms with Gasteiger partial charge in [0, 0.05) is 43.2 Å². The average Bonchev–Trinajstić information content (AvgIpc) is 3.53. The van der Waals surface area contributed by atoms with Gasteiger partial charge in [0.2, 0.25) is 5.91 Å². The summed E-state index contributed by atoms with van der Waals surface area (Å²) in [4.78, 5) is 30.5. The predicted octanol–water partition coefficient (Wildman–Crippen LogP) is 3.19. The van der Waals surface area contributed by atoms with E-state index in [9.17, 15) is 9.59 Å². The molecule has 2 aliphatic rings. The minimum absolute atomic E-state index is 0.104. The minimum atomic E-state index is -0.330. The first-order valence-electron chi connectivity index (χ1n) is 11.0. The summed E-state index contributed by atoms with van der Waals surface area (Å²) in [6, 6.07) is 12.8. The fourth-order valence-corrected chi connectivity index (χ4v) is 4.77. The number of hydrogen-bond acceptors (Lipinski definition) is 5. The largest absolute Gasteiger partial charge is 0.497 e. The Balaban J connectivity index is 1.68. The van der Waals surface area contributed by atoms with Gasteiger partial charge >= 0.3 is 0 Å². The van der Waals surface area contributed by atoms with Gasteiger partial charge in [0.05, 0.1) is 27.2 Å². The summed E-state index contributed by atoms with van der Waals surface area (Å²) in [7, 11) is 4.82. The molecule has 0 spiro atoms. The number of benzene rings is 2. The summed E-state index contributed by atoms with van der Waals surface area (Å²) < 4.78 is 16.3. The van der Waals surface area contributed by atoms with E-state index >= 15 is 0 Å². The molecule has 2 atom stereocenters. The van der Waals surface area contributed by atoms with Crippen molar-refractivity contribution in [3.05, 3.63) is 53.6 Å². The molecule has 2 saturated heterocycles. The molecule has 2 amide bonds. The third-order valence-electron chi connectivity index (χ3n) is 6.50. The van der Waals surface area contributed by atoms with Crippen LogP contribution in [0.1, 0.15) is 34.7 Å². The van der Waals surface area contributed by atoms with Crippen LogP contribution in [0, 0.1) is 5.92 Å². The van der Waals surface area contributed by atoms with Gasteiger partial charge in [-0.15, -0.1) is 0 Å². The molecule has 32 heavy (non-hydrogen) atoms. The van der Waals surface area contributed by atoms with Crippen molar-refractivity contribution in [1.29, 1.82) is 0 Å². The van der Waals surface area contributed by atoms with E-state index in [1.165, 1.54) is 0 Å². The van der Waals surface area contributed by atoms with Crippen molar-refractivity contribution in [2.75, 3.05) is 47.5 Å². The number of methoxy groups -OCH3 is 3. The smallest absolute Gasteiger partial charge is 0.254 e. The van der Waals surface area contributed by atoms with Crippen LogP contribution in [0.15, 0.2) is 42.5 Å².